The van der Waals surface area contributed by atoms with E-state index in [9.17, 15) is 9.59 Å². The Balaban J connectivity index is 2.09. The van der Waals surface area contributed by atoms with E-state index in [1.165, 1.54) is 23.9 Å². The number of amides is 1. The van der Waals surface area contributed by atoms with Gasteiger partial charge in [0.15, 0.2) is 0 Å². The number of carbonyl (C=O) groups excluding carboxylic acids is 1. The summed E-state index contributed by atoms with van der Waals surface area (Å²) in [6.45, 7) is 0.509. The average molecular weight is 327 g/mol. The van der Waals surface area contributed by atoms with E-state index < -0.39 is 11.5 Å². The molecule has 0 saturated heterocycles. The summed E-state index contributed by atoms with van der Waals surface area (Å²) < 4.78 is 1.38. The summed E-state index contributed by atoms with van der Waals surface area (Å²) in [7, 11) is 0. The van der Waals surface area contributed by atoms with E-state index in [4.69, 9.17) is 11.5 Å². The summed E-state index contributed by atoms with van der Waals surface area (Å²) in [6, 6.07) is 3.49. The molecule has 2 heterocycles. The lowest BCUT2D eigenvalue weighted by Gasteiger charge is -2.22. The van der Waals surface area contributed by atoms with Gasteiger partial charge in [-0.05, 0) is 30.9 Å². The standard InChI is InChI=1S/C17H21N5O2/c18-14-13(16(19)23)15(12-7-4-8-20-9-12)21-22(17(14)24)10-11-5-2-1-3-6-11/h4,7-9,11H,1-3,5-6,10,18H2,(H2,19,23). The Morgan fingerprint density at radius 1 is 1.29 bits per heavy atom. The Labute approximate surface area is 139 Å². The third-order valence-electron chi connectivity index (χ3n) is 4.53. The number of anilines is 1. The molecule has 4 N–H and O–H groups in total. The Kier molecular flexibility index (Phi) is 4.59. The van der Waals surface area contributed by atoms with Crippen LogP contribution < -0.4 is 17.0 Å². The van der Waals surface area contributed by atoms with Gasteiger partial charge in [-0.25, -0.2) is 4.68 Å². The van der Waals surface area contributed by atoms with Crippen LogP contribution in [0.4, 0.5) is 5.69 Å². The van der Waals surface area contributed by atoms with E-state index in [2.05, 4.69) is 10.1 Å². The molecule has 3 rings (SSSR count). The molecule has 0 aliphatic heterocycles. The van der Waals surface area contributed by atoms with Crippen molar-refractivity contribution in [2.75, 3.05) is 5.73 Å². The van der Waals surface area contributed by atoms with Gasteiger partial charge in [0.05, 0.1) is 5.56 Å². The Bertz CT molecular complexity index is 795. The van der Waals surface area contributed by atoms with Gasteiger partial charge < -0.3 is 11.5 Å². The van der Waals surface area contributed by atoms with Crippen LogP contribution in [0, 0.1) is 5.92 Å². The lowest BCUT2D eigenvalue weighted by atomic mass is 9.89. The summed E-state index contributed by atoms with van der Waals surface area (Å²) in [5, 5.41) is 4.40. The molecule has 24 heavy (non-hydrogen) atoms. The van der Waals surface area contributed by atoms with Crippen molar-refractivity contribution < 1.29 is 4.79 Å². The first-order chi connectivity index (χ1) is 11.6. The topological polar surface area (TPSA) is 117 Å². The minimum atomic E-state index is -0.763. The number of primary amides is 1. The first-order valence-electron chi connectivity index (χ1n) is 8.18. The summed E-state index contributed by atoms with van der Waals surface area (Å²) in [5.74, 6) is -0.356. The van der Waals surface area contributed by atoms with Gasteiger partial charge in [-0.3, -0.25) is 14.6 Å². The van der Waals surface area contributed by atoms with Crippen molar-refractivity contribution in [2.45, 2.75) is 38.6 Å². The van der Waals surface area contributed by atoms with Crippen LogP contribution in [0.1, 0.15) is 42.5 Å². The first kappa shape index (κ1) is 16.2. The number of aromatic nitrogens is 3. The maximum atomic E-state index is 12.5. The molecule has 0 unspecified atom stereocenters. The number of hydrogen-bond acceptors (Lipinski definition) is 5. The third kappa shape index (κ3) is 3.15. The van der Waals surface area contributed by atoms with Gasteiger partial charge >= 0.3 is 0 Å². The van der Waals surface area contributed by atoms with Crippen molar-refractivity contribution in [1.29, 1.82) is 0 Å². The molecule has 0 aromatic carbocycles. The molecule has 0 spiro atoms. The zero-order valence-corrected chi connectivity index (χ0v) is 13.4. The number of pyridine rings is 1. The summed E-state index contributed by atoms with van der Waals surface area (Å²) in [4.78, 5) is 28.3. The average Bonchev–Trinajstić information content (AvgIpc) is 2.60. The predicted octanol–water partition coefficient (Wildman–Crippen LogP) is 1.57. The molecule has 0 atom stereocenters. The quantitative estimate of drug-likeness (QED) is 0.884. The van der Waals surface area contributed by atoms with Crippen LogP contribution in [-0.4, -0.2) is 20.7 Å². The van der Waals surface area contributed by atoms with Gasteiger partial charge in [-0.1, -0.05) is 19.3 Å². The van der Waals surface area contributed by atoms with Crippen molar-refractivity contribution >= 4 is 11.6 Å². The zero-order chi connectivity index (χ0) is 17.1. The zero-order valence-electron chi connectivity index (χ0n) is 13.4. The molecule has 126 valence electrons. The molecule has 1 aliphatic carbocycles. The van der Waals surface area contributed by atoms with Crippen molar-refractivity contribution in [2.24, 2.45) is 11.7 Å². The van der Waals surface area contributed by atoms with Crippen molar-refractivity contribution in [3.05, 3.63) is 40.4 Å². The molecule has 0 radical (unpaired) electrons. The highest BCUT2D eigenvalue weighted by molar-refractivity contribution is 6.03. The molecule has 7 nitrogen and oxygen atoms in total. The summed E-state index contributed by atoms with van der Waals surface area (Å²) in [6.07, 6.45) is 8.93. The monoisotopic (exact) mass is 327 g/mol. The SMILES string of the molecule is NC(=O)c1c(-c2cccnc2)nn(CC2CCCCC2)c(=O)c1N. The minimum Gasteiger partial charge on any atom is -0.393 e. The van der Waals surface area contributed by atoms with Crippen LogP contribution in [0.2, 0.25) is 0 Å². The smallest absolute Gasteiger partial charge is 0.290 e. The molecular formula is C17H21N5O2. The largest absolute Gasteiger partial charge is 0.393 e. The Hall–Kier alpha value is -2.70. The van der Waals surface area contributed by atoms with E-state index in [1.54, 1.807) is 24.5 Å². The second-order valence-electron chi connectivity index (χ2n) is 6.23. The van der Waals surface area contributed by atoms with Gasteiger partial charge in [-0.2, -0.15) is 5.10 Å². The van der Waals surface area contributed by atoms with Crippen LogP contribution in [0.25, 0.3) is 11.3 Å². The van der Waals surface area contributed by atoms with E-state index in [0.717, 1.165) is 12.8 Å². The van der Waals surface area contributed by atoms with Crippen molar-refractivity contribution in [1.82, 2.24) is 14.8 Å². The lowest BCUT2D eigenvalue weighted by Crippen LogP contribution is -2.33. The third-order valence-corrected chi connectivity index (χ3v) is 4.53. The van der Waals surface area contributed by atoms with Crippen LogP contribution in [0.15, 0.2) is 29.3 Å². The molecule has 0 bridgehead atoms. The fourth-order valence-corrected chi connectivity index (χ4v) is 3.28. The van der Waals surface area contributed by atoms with Gasteiger partial charge in [0, 0.05) is 24.5 Å². The van der Waals surface area contributed by atoms with Gasteiger partial charge in [-0.15, -0.1) is 0 Å². The minimum absolute atomic E-state index is 0.0344. The van der Waals surface area contributed by atoms with E-state index >= 15 is 0 Å². The molecule has 1 saturated carbocycles. The second-order valence-corrected chi connectivity index (χ2v) is 6.23. The number of carbonyl (C=O) groups is 1. The van der Waals surface area contributed by atoms with Crippen molar-refractivity contribution in [3.63, 3.8) is 0 Å². The molecule has 1 amide bonds. The number of nitrogens with two attached hydrogens (primary N) is 2. The Morgan fingerprint density at radius 2 is 2.04 bits per heavy atom. The number of nitrogen functional groups attached to an aromatic ring is 1. The highest BCUT2D eigenvalue weighted by Crippen LogP contribution is 2.26. The Morgan fingerprint density at radius 3 is 2.67 bits per heavy atom. The van der Waals surface area contributed by atoms with E-state index in [-0.39, 0.29) is 11.3 Å². The molecule has 1 aliphatic rings. The summed E-state index contributed by atoms with van der Waals surface area (Å²) in [5.41, 5.74) is 11.6. The molecule has 2 aromatic heterocycles. The van der Waals surface area contributed by atoms with Crippen LogP contribution in [0.5, 0.6) is 0 Å². The number of nitrogens with zero attached hydrogens (tertiary/aromatic N) is 3. The highest BCUT2D eigenvalue weighted by Gasteiger charge is 2.22. The molecule has 7 heteroatoms. The predicted molar refractivity (Wildman–Crippen MR) is 91.2 cm³/mol. The maximum absolute atomic E-state index is 12.5. The number of rotatable bonds is 4. The fraction of sp³-hybridized carbons (Fsp3) is 0.412. The van der Waals surface area contributed by atoms with Crippen LogP contribution in [-0.2, 0) is 6.54 Å². The lowest BCUT2D eigenvalue weighted by molar-refractivity contribution is 0.100. The first-order valence-corrected chi connectivity index (χ1v) is 8.18. The van der Waals surface area contributed by atoms with Gasteiger partial charge in [0.2, 0.25) is 0 Å². The van der Waals surface area contributed by atoms with Crippen LogP contribution in [0.3, 0.4) is 0 Å². The maximum Gasteiger partial charge on any atom is 0.290 e. The fourth-order valence-electron chi connectivity index (χ4n) is 3.28. The molecule has 2 aromatic rings. The van der Waals surface area contributed by atoms with Crippen molar-refractivity contribution in [3.8, 4) is 11.3 Å². The van der Waals surface area contributed by atoms with E-state index in [0.29, 0.717) is 23.7 Å². The van der Waals surface area contributed by atoms with E-state index in [1.807, 2.05) is 0 Å². The normalized spacial score (nSPS) is 15.3. The highest BCUT2D eigenvalue weighted by atomic mass is 16.1. The van der Waals surface area contributed by atoms with Crippen LogP contribution >= 0.6 is 0 Å². The summed E-state index contributed by atoms with van der Waals surface area (Å²) >= 11 is 0. The molecular weight excluding hydrogens is 306 g/mol. The molecule has 1 fully saturated rings. The van der Waals surface area contributed by atoms with Gasteiger partial charge in [0.25, 0.3) is 11.5 Å². The number of hydrogen-bond donors (Lipinski definition) is 2. The second kappa shape index (κ2) is 6.82. The van der Waals surface area contributed by atoms with Gasteiger partial charge in [0.1, 0.15) is 11.4 Å².